The van der Waals surface area contributed by atoms with Crippen LogP contribution in [0.5, 0.6) is 0 Å². The van der Waals surface area contributed by atoms with Crippen molar-refractivity contribution in [1.29, 1.82) is 0 Å². The Morgan fingerprint density at radius 1 is 1.28 bits per heavy atom. The lowest BCUT2D eigenvalue weighted by atomic mass is 9.84. The van der Waals surface area contributed by atoms with Crippen LogP contribution in [0.15, 0.2) is 11.8 Å². The Hall–Kier alpha value is -1.47. The summed E-state index contributed by atoms with van der Waals surface area (Å²) in [7, 11) is 0. The molecule has 0 aromatic heterocycles. The first-order valence-corrected chi connectivity index (χ1v) is 5.75. The monoisotopic (exact) mass is 254 g/mol. The van der Waals surface area contributed by atoms with E-state index in [1.807, 2.05) is 13.8 Å². The maximum absolute atomic E-state index is 11.2. The van der Waals surface area contributed by atoms with E-state index < -0.39 is 11.6 Å². The van der Waals surface area contributed by atoms with Gasteiger partial charge in [-0.15, -0.1) is 0 Å². The van der Waals surface area contributed by atoms with Gasteiger partial charge in [-0.2, -0.15) is 4.89 Å². The molecule has 0 aromatic rings. The van der Waals surface area contributed by atoms with Crippen LogP contribution in [0.1, 0.15) is 48.0 Å². The van der Waals surface area contributed by atoms with E-state index in [1.165, 1.54) is 13.2 Å². The van der Waals surface area contributed by atoms with Crippen molar-refractivity contribution < 1.29 is 19.3 Å². The standard InChI is InChI=1S/C14H22O4/c1-8-16-12(15)11(2)9-17-18-14(6,7)10-13(3,4)5/h1,9H,10H2,2-7H3. The van der Waals surface area contributed by atoms with Crippen LogP contribution in [-0.2, 0) is 19.3 Å². The quantitative estimate of drug-likeness (QED) is 0.189. The lowest BCUT2D eigenvalue weighted by molar-refractivity contribution is -0.322. The zero-order valence-electron chi connectivity index (χ0n) is 12.0. The molecule has 0 spiro atoms. The number of rotatable bonds is 5. The fourth-order valence-electron chi connectivity index (χ4n) is 1.72. The number of ether oxygens (including phenoxy) is 1. The predicted octanol–water partition coefficient (Wildman–Crippen LogP) is 3.19. The largest absolute Gasteiger partial charge is 0.369 e. The first-order valence-electron chi connectivity index (χ1n) is 5.75. The highest BCUT2D eigenvalue weighted by Gasteiger charge is 2.27. The van der Waals surface area contributed by atoms with Gasteiger partial charge in [0.05, 0.1) is 5.57 Å². The molecular formula is C14H22O4. The van der Waals surface area contributed by atoms with Gasteiger partial charge >= 0.3 is 5.97 Å². The van der Waals surface area contributed by atoms with E-state index in [0.29, 0.717) is 0 Å². The normalized spacial score (nSPS) is 12.8. The third kappa shape index (κ3) is 7.75. The number of terminal acetylenes is 1. The third-order valence-electron chi connectivity index (χ3n) is 1.93. The van der Waals surface area contributed by atoms with Crippen LogP contribution in [0.4, 0.5) is 0 Å². The zero-order valence-corrected chi connectivity index (χ0v) is 12.0. The van der Waals surface area contributed by atoms with Crippen molar-refractivity contribution in [2.24, 2.45) is 5.41 Å². The topological polar surface area (TPSA) is 44.8 Å². The molecule has 0 aliphatic heterocycles. The van der Waals surface area contributed by atoms with E-state index in [-0.39, 0.29) is 11.0 Å². The summed E-state index contributed by atoms with van der Waals surface area (Å²) in [5.74, 6) is -0.630. The number of hydrogen-bond acceptors (Lipinski definition) is 4. The van der Waals surface area contributed by atoms with E-state index >= 15 is 0 Å². The lowest BCUT2D eigenvalue weighted by Gasteiger charge is -2.30. The van der Waals surface area contributed by atoms with Gasteiger partial charge in [0, 0.05) is 0 Å². The molecule has 0 saturated heterocycles. The molecule has 18 heavy (non-hydrogen) atoms. The average molecular weight is 254 g/mol. The van der Waals surface area contributed by atoms with Crippen LogP contribution in [0.2, 0.25) is 0 Å². The van der Waals surface area contributed by atoms with E-state index in [2.05, 4.69) is 25.5 Å². The molecule has 4 nitrogen and oxygen atoms in total. The molecule has 0 aromatic carbocycles. The van der Waals surface area contributed by atoms with Crippen LogP contribution >= 0.6 is 0 Å². The Labute approximate surface area is 109 Å². The van der Waals surface area contributed by atoms with Crippen LogP contribution in [0.25, 0.3) is 0 Å². The van der Waals surface area contributed by atoms with Gasteiger partial charge in [-0.1, -0.05) is 27.2 Å². The molecular weight excluding hydrogens is 232 g/mol. The minimum Gasteiger partial charge on any atom is -0.369 e. The Morgan fingerprint density at radius 3 is 2.28 bits per heavy atom. The molecule has 0 amide bonds. The van der Waals surface area contributed by atoms with Crippen molar-refractivity contribution >= 4 is 5.97 Å². The molecule has 0 bridgehead atoms. The maximum Gasteiger partial charge on any atom is 0.350 e. The van der Waals surface area contributed by atoms with Gasteiger partial charge in [0.15, 0.2) is 0 Å². The lowest BCUT2D eigenvalue weighted by Crippen LogP contribution is -2.29. The highest BCUT2D eigenvalue weighted by atomic mass is 17.2. The summed E-state index contributed by atoms with van der Waals surface area (Å²) >= 11 is 0. The van der Waals surface area contributed by atoms with Gasteiger partial charge in [0.25, 0.3) is 0 Å². The fraction of sp³-hybridized carbons (Fsp3) is 0.643. The van der Waals surface area contributed by atoms with Crippen LogP contribution < -0.4 is 0 Å². The Kier molecular flexibility index (Phi) is 5.93. The SMILES string of the molecule is C#COC(=O)C(C)=COOC(C)(C)CC(C)(C)C. The number of hydrogen-bond donors (Lipinski definition) is 0. The van der Waals surface area contributed by atoms with Crippen LogP contribution in [-0.4, -0.2) is 11.6 Å². The first-order chi connectivity index (χ1) is 8.07. The minimum atomic E-state index is -0.630. The maximum atomic E-state index is 11.2. The van der Waals surface area contributed by atoms with E-state index in [0.717, 1.165) is 6.42 Å². The second-order valence-electron chi connectivity index (χ2n) is 5.98. The van der Waals surface area contributed by atoms with E-state index in [4.69, 9.17) is 16.2 Å². The summed E-state index contributed by atoms with van der Waals surface area (Å²) in [5.41, 5.74) is -0.0986. The van der Waals surface area contributed by atoms with Crippen molar-refractivity contribution in [3.05, 3.63) is 11.8 Å². The molecule has 4 heteroatoms. The number of esters is 1. The van der Waals surface area contributed by atoms with Gasteiger partial charge in [-0.25, -0.2) is 4.79 Å². The summed E-state index contributed by atoms with van der Waals surface area (Å²) in [6.45, 7) is 11.7. The average Bonchev–Trinajstić information content (AvgIpc) is 2.13. The molecule has 0 N–H and O–H groups in total. The van der Waals surface area contributed by atoms with Crippen molar-refractivity contribution in [1.82, 2.24) is 0 Å². The minimum absolute atomic E-state index is 0.119. The third-order valence-corrected chi connectivity index (χ3v) is 1.93. The highest BCUT2D eigenvalue weighted by molar-refractivity contribution is 5.88. The molecule has 0 aliphatic carbocycles. The van der Waals surface area contributed by atoms with Crippen molar-refractivity contribution in [3.63, 3.8) is 0 Å². The second-order valence-corrected chi connectivity index (χ2v) is 5.98. The van der Waals surface area contributed by atoms with E-state index in [1.54, 1.807) is 6.11 Å². The van der Waals surface area contributed by atoms with Crippen molar-refractivity contribution in [3.8, 4) is 12.5 Å². The van der Waals surface area contributed by atoms with Crippen molar-refractivity contribution in [2.45, 2.75) is 53.6 Å². The van der Waals surface area contributed by atoms with Crippen LogP contribution in [0, 0.1) is 17.9 Å². The van der Waals surface area contributed by atoms with Gasteiger partial charge in [-0.05, 0) is 32.6 Å². The Balaban J connectivity index is 4.30. The highest BCUT2D eigenvalue weighted by Crippen LogP contribution is 2.29. The fourth-order valence-corrected chi connectivity index (χ4v) is 1.72. The summed E-state index contributed by atoms with van der Waals surface area (Å²) in [4.78, 5) is 21.4. The Bertz CT molecular complexity index is 353. The first kappa shape index (κ1) is 16.5. The number of carbonyl (C=O) groups is 1. The van der Waals surface area contributed by atoms with Crippen LogP contribution in [0.3, 0.4) is 0 Å². The molecule has 0 heterocycles. The van der Waals surface area contributed by atoms with Gasteiger partial charge in [-0.3, -0.25) is 0 Å². The molecule has 102 valence electrons. The molecule has 0 radical (unpaired) electrons. The molecule has 0 saturated carbocycles. The zero-order chi connectivity index (χ0) is 14.4. The second kappa shape index (κ2) is 6.46. The summed E-state index contributed by atoms with van der Waals surface area (Å²) in [6.07, 6.45) is 8.63. The predicted molar refractivity (Wildman–Crippen MR) is 69.0 cm³/mol. The van der Waals surface area contributed by atoms with Gasteiger partial charge in [0.1, 0.15) is 18.0 Å². The molecule has 0 aliphatic rings. The Morgan fingerprint density at radius 2 is 1.83 bits per heavy atom. The molecule has 0 rings (SSSR count). The summed E-state index contributed by atoms with van der Waals surface area (Å²) < 4.78 is 4.35. The summed E-state index contributed by atoms with van der Waals surface area (Å²) in [5, 5.41) is 0. The summed E-state index contributed by atoms with van der Waals surface area (Å²) in [6, 6.07) is 0. The van der Waals surface area contributed by atoms with Gasteiger partial charge < -0.3 is 9.62 Å². The molecule has 0 unspecified atom stereocenters. The number of carbonyl (C=O) groups excluding carboxylic acids is 1. The molecule has 0 atom stereocenters. The van der Waals surface area contributed by atoms with Gasteiger partial charge in [0.2, 0.25) is 0 Å². The molecule has 0 fully saturated rings. The van der Waals surface area contributed by atoms with E-state index in [9.17, 15) is 4.79 Å². The van der Waals surface area contributed by atoms with Crippen molar-refractivity contribution in [2.75, 3.05) is 0 Å². The smallest absolute Gasteiger partial charge is 0.350 e.